The van der Waals surface area contributed by atoms with Crippen molar-refractivity contribution in [1.29, 1.82) is 0 Å². The van der Waals surface area contributed by atoms with E-state index in [1.165, 1.54) is 6.07 Å². The zero-order valence-electron chi connectivity index (χ0n) is 10.8. The average molecular weight is 259 g/mol. The molecule has 19 heavy (non-hydrogen) atoms. The normalized spacial score (nSPS) is 10.4. The van der Waals surface area contributed by atoms with Crippen LogP contribution in [-0.2, 0) is 6.54 Å². The zero-order chi connectivity index (χ0) is 13.7. The van der Waals surface area contributed by atoms with Crippen LogP contribution in [0, 0.1) is 6.92 Å². The van der Waals surface area contributed by atoms with Gasteiger partial charge in [-0.05, 0) is 31.0 Å². The van der Waals surface area contributed by atoms with Crippen LogP contribution in [0.5, 0.6) is 5.75 Å². The van der Waals surface area contributed by atoms with Crippen molar-refractivity contribution in [3.63, 3.8) is 0 Å². The van der Waals surface area contributed by atoms with E-state index >= 15 is 0 Å². The summed E-state index contributed by atoms with van der Waals surface area (Å²) in [6.45, 7) is 3.20. The Hall–Kier alpha value is -2.30. The summed E-state index contributed by atoms with van der Waals surface area (Å²) in [4.78, 5) is 15.8. The van der Waals surface area contributed by atoms with Gasteiger partial charge in [0.1, 0.15) is 5.75 Å². The molecule has 0 aliphatic carbocycles. The maximum Gasteiger partial charge on any atom is 0.251 e. The number of imidazole rings is 1. The molecule has 0 aliphatic heterocycles. The molecule has 0 aliphatic rings. The van der Waals surface area contributed by atoms with Crippen molar-refractivity contribution in [2.24, 2.45) is 0 Å². The Kier molecular flexibility index (Phi) is 4.18. The van der Waals surface area contributed by atoms with Gasteiger partial charge in [0.05, 0.1) is 6.33 Å². The molecule has 0 bridgehead atoms. The second-order valence-corrected chi connectivity index (χ2v) is 4.41. The first-order chi connectivity index (χ1) is 9.16. The van der Waals surface area contributed by atoms with Gasteiger partial charge in [-0.1, -0.05) is 6.07 Å². The van der Waals surface area contributed by atoms with Gasteiger partial charge < -0.3 is 15.0 Å². The summed E-state index contributed by atoms with van der Waals surface area (Å²) in [5.74, 6) is -0.0213. The highest BCUT2D eigenvalue weighted by Gasteiger charge is 2.06. The predicted octanol–water partition coefficient (Wildman–Crippen LogP) is 1.72. The van der Waals surface area contributed by atoms with Crippen molar-refractivity contribution < 1.29 is 9.90 Å². The highest BCUT2D eigenvalue weighted by Crippen LogP contribution is 2.17. The molecule has 2 N–H and O–H groups in total. The smallest absolute Gasteiger partial charge is 0.251 e. The van der Waals surface area contributed by atoms with E-state index in [-0.39, 0.29) is 11.7 Å². The van der Waals surface area contributed by atoms with Crippen LogP contribution in [0.4, 0.5) is 0 Å². The molecule has 2 aromatic rings. The number of rotatable bonds is 5. The molecule has 1 aromatic carbocycles. The number of amides is 1. The van der Waals surface area contributed by atoms with E-state index in [4.69, 9.17) is 0 Å². The lowest BCUT2D eigenvalue weighted by molar-refractivity contribution is 0.0952. The third kappa shape index (κ3) is 3.58. The molecule has 100 valence electrons. The quantitative estimate of drug-likeness (QED) is 0.803. The minimum atomic E-state index is -0.166. The molecule has 0 saturated carbocycles. The van der Waals surface area contributed by atoms with Gasteiger partial charge in [-0.15, -0.1) is 0 Å². The summed E-state index contributed by atoms with van der Waals surface area (Å²) < 4.78 is 1.96. The summed E-state index contributed by atoms with van der Waals surface area (Å²) in [6.07, 6.45) is 6.20. The standard InChI is InChI=1S/C14H17N3O2/c1-11-3-4-12(9-13(11)18)14(19)16-5-2-7-17-8-6-15-10-17/h3-4,6,8-10,18H,2,5,7H2,1H3,(H,16,19). The summed E-state index contributed by atoms with van der Waals surface area (Å²) in [5, 5.41) is 12.4. The van der Waals surface area contributed by atoms with E-state index in [0.29, 0.717) is 12.1 Å². The first kappa shape index (κ1) is 13.1. The third-order valence-corrected chi connectivity index (χ3v) is 2.91. The number of nitrogens with one attached hydrogen (secondary N) is 1. The van der Waals surface area contributed by atoms with Crippen LogP contribution in [0.25, 0.3) is 0 Å². The van der Waals surface area contributed by atoms with Gasteiger partial charge in [0.15, 0.2) is 0 Å². The Bertz CT molecular complexity index is 550. The second-order valence-electron chi connectivity index (χ2n) is 4.41. The van der Waals surface area contributed by atoms with E-state index in [9.17, 15) is 9.90 Å². The second kappa shape index (κ2) is 6.04. The number of phenols is 1. The Morgan fingerprint density at radius 2 is 2.32 bits per heavy atom. The summed E-state index contributed by atoms with van der Waals surface area (Å²) >= 11 is 0. The minimum absolute atomic E-state index is 0.145. The van der Waals surface area contributed by atoms with Crippen LogP contribution in [-0.4, -0.2) is 27.1 Å². The van der Waals surface area contributed by atoms with Crippen LogP contribution in [0.2, 0.25) is 0 Å². The maximum atomic E-state index is 11.8. The molecule has 1 heterocycles. The fourth-order valence-corrected chi connectivity index (χ4v) is 1.74. The highest BCUT2D eigenvalue weighted by atomic mass is 16.3. The molecule has 0 saturated heterocycles. The van der Waals surface area contributed by atoms with Crippen molar-refractivity contribution in [3.8, 4) is 5.75 Å². The molecule has 0 atom stereocenters. The zero-order valence-corrected chi connectivity index (χ0v) is 10.8. The first-order valence-corrected chi connectivity index (χ1v) is 6.20. The molecule has 2 rings (SSSR count). The van der Waals surface area contributed by atoms with Gasteiger partial charge in [-0.25, -0.2) is 4.98 Å². The topological polar surface area (TPSA) is 67.2 Å². The number of carbonyl (C=O) groups is 1. The van der Waals surface area contributed by atoms with E-state index in [2.05, 4.69) is 10.3 Å². The third-order valence-electron chi connectivity index (χ3n) is 2.91. The van der Waals surface area contributed by atoms with Gasteiger partial charge in [0.25, 0.3) is 5.91 Å². The van der Waals surface area contributed by atoms with Crippen molar-refractivity contribution in [3.05, 3.63) is 48.0 Å². The molecule has 1 aromatic heterocycles. The Morgan fingerprint density at radius 3 is 3.00 bits per heavy atom. The fraction of sp³-hybridized carbons (Fsp3) is 0.286. The summed E-state index contributed by atoms with van der Waals surface area (Å²) in [7, 11) is 0. The van der Waals surface area contributed by atoms with Crippen molar-refractivity contribution >= 4 is 5.91 Å². The average Bonchev–Trinajstić information content (AvgIpc) is 2.91. The largest absolute Gasteiger partial charge is 0.508 e. The Balaban J connectivity index is 1.79. The van der Waals surface area contributed by atoms with Gasteiger partial charge in [-0.2, -0.15) is 0 Å². The lowest BCUT2D eigenvalue weighted by atomic mass is 10.1. The van der Waals surface area contributed by atoms with Crippen LogP contribution in [0.15, 0.2) is 36.9 Å². The minimum Gasteiger partial charge on any atom is -0.508 e. The molecule has 0 spiro atoms. The number of hydrogen-bond acceptors (Lipinski definition) is 3. The predicted molar refractivity (Wildman–Crippen MR) is 72.0 cm³/mol. The van der Waals surface area contributed by atoms with Gasteiger partial charge in [0, 0.05) is 31.0 Å². The number of aromatic nitrogens is 2. The first-order valence-electron chi connectivity index (χ1n) is 6.20. The highest BCUT2D eigenvalue weighted by molar-refractivity contribution is 5.94. The van der Waals surface area contributed by atoms with E-state index in [1.807, 2.05) is 10.8 Å². The Morgan fingerprint density at radius 1 is 1.47 bits per heavy atom. The SMILES string of the molecule is Cc1ccc(C(=O)NCCCn2ccnc2)cc1O. The van der Waals surface area contributed by atoms with E-state index in [0.717, 1.165) is 18.5 Å². The number of aryl methyl sites for hydroxylation is 2. The fourth-order valence-electron chi connectivity index (χ4n) is 1.74. The van der Waals surface area contributed by atoms with Crippen molar-refractivity contribution in [2.75, 3.05) is 6.54 Å². The van der Waals surface area contributed by atoms with Gasteiger partial charge in [-0.3, -0.25) is 4.79 Å². The van der Waals surface area contributed by atoms with Crippen molar-refractivity contribution in [1.82, 2.24) is 14.9 Å². The van der Waals surface area contributed by atoms with Crippen LogP contribution >= 0.6 is 0 Å². The lowest BCUT2D eigenvalue weighted by Gasteiger charge is -2.07. The number of carbonyl (C=O) groups excluding carboxylic acids is 1. The number of phenolic OH excluding ortho intramolecular Hbond substituents is 1. The molecular weight excluding hydrogens is 242 g/mol. The van der Waals surface area contributed by atoms with E-state index in [1.54, 1.807) is 31.6 Å². The lowest BCUT2D eigenvalue weighted by Crippen LogP contribution is -2.25. The molecule has 5 heteroatoms. The molecular formula is C14H17N3O2. The van der Waals surface area contributed by atoms with E-state index < -0.39 is 0 Å². The van der Waals surface area contributed by atoms with Gasteiger partial charge in [0.2, 0.25) is 0 Å². The Labute approximate surface area is 111 Å². The van der Waals surface area contributed by atoms with Crippen LogP contribution in [0.3, 0.4) is 0 Å². The van der Waals surface area contributed by atoms with Crippen LogP contribution in [0.1, 0.15) is 22.3 Å². The molecule has 5 nitrogen and oxygen atoms in total. The number of nitrogens with zero attached hydrogens (tertiary/aromatic N) is 2. The number of aromatic hydroxyl groups is 1. The van der Waals surface area contributed by atoms with Crippen molar-refractivity contribution in [2.45, 2.75) is 19.9 Å². The number of benzene rings is 1. The molecule has 0 fully saturated rings. The number of hydrogen-bond donors (Lipinski definition) is 2. The monoisotopic (exact) mass is 259 g/mol. The van der Waals surface area contributed by atoms with Gasteiger partial charge >= 0.3 is 0 Å². The summed E-state index contributed by atoms with van der Waals surface area (Å²) in [5.41, 5.74) is 1.24. The summed E-state index contributed by atoms with van der Waals surface area (Å²) in [6, 6.07) is 4.93. The maximum absolute atomic E-state index is 11.8. The van der Waals surface area contributed by atoms with Crippen LogP contribution < -0.4 is 5.32 Å². The molecule has 1 amide bonds. The molecule has 0 unspecified atom stereocenters. The molecule has 0 radical (unpaired) electrons.